The molecule has 1 rings (SSSR count). The molecule has 0 fully saturated rings. The molecule has 0 aliphatic rings. The van der Waals surface area contributed by atoms with E-state index in [9.17, 15) is 4.79 Å². The van der Waals surface area contributed by atoms with Crippen molar-refractivity contribution in [3.63, 3.8) is 0 Å². The third-order valence-corrected chi connectivity index (χ3v) is 4.24. The number of nitrogens with two attached hydrogens (primary N) is 1. The molecule has 0 saturated heterocycles. The number of rotatable bonds is 7. The summed E-state index contributed by atoms with van der Waals surface area (Å²) in [6.07, 6.45) is 4.60. The number of nitrogens with zero attached hydrogens (tertiary/aromatic N) is 1. The van der Waals surface area contributed by atoms with Crippen LogP contribution in [0.4, 0.5) is 0 Å². The summed E-state index contributed by atoms with van der Waals surface area (Å²) in [5, 5.41) is 5.93. The predicted molar refractivity (Wildman–Crippen MR) is 79.9 cm³/mol. The molecule has 0 aliphatic carbocycles. The van der Waals surface area contributed by atoms with E-state index in [1.807, 2.05) is 33.1 Å². The first-order chi connectivity index (χ1) is 8.83. The summed E-state index contributed by atoms with van der Waals surface area (Å²) in [4.78, 5) is 16.4. The van der Waals surface area contributed by atoms with Crippen LogP contribution in [0.25, 0.3) is 0 Å². The van der Waals surface area contributed by atoms with Gasteiger partial charge in [-0.1, -0.05) is 13.3 Å². The second kappa shape index (κ2) is 7.01. The molecule has 0 saturated carbocycles. The lowest BCUT2D eigenvalue weighted by Gasteiger charge is -2.26. The molecule has 1 aromatic rings. The van der Waals surface area contributed by atoms with Gasteiger partial charge < -0.3 is 11.1 Å². The lowest BCUT2D eigenvalue weighted by Crippen LogP contribution is -2.43. The fourth-order valence-corrected chi connectivity index (χ4v) is 2.61. The smallest absolute Gasteiger partial charge is 0.223 e. The van der Waals surface area contributed by atoms with Gasteiger partial charge in [0.15, 0.2) is 0 Å². The predicted octanol–water partition coefficient (Wildman–Crippen LogP) is 2.65. The molecular weight excluding hydrogens is 258 g/mol. The Morgan fingerprint density at radius 3 is 2.68 bits per heavy atom. The Morgan fingerprint density at radius 2 is 2.16 bits per heavy atom. The molecule has 19 heavy (non-hydrogen) atoms. The molecule has 1 heterocycles. The van der Waals surface area contributed by atoms with Gasteiger partial charge in [-0.05, 0) is 33.6 Å². The van der Waals surface area contributed by atoms with Gasteiger partial charge in [0.25, 0.3) is 0 Å². The van der Waals surface area contributed by atoms with E-state index in [4.69, 9.17) is 5.73 Å². The second-order valence-electron chi connectivity index (χ2n) is 5.76. The molecular formula is C14H25N3OS. The zero-order chi connectivity index (χ0) is 14.5. The molecule has 0 aliphatic heterocycles. The SMILES string of the molecule is CC(N)CCCC(C)C(=O)NC(C)(C)c1nccs1. The Bertz CT molecular complexity index is 387. The van der Waals surface area contributed by atoms with Crippen molar-refractivity contribution in [2.45, 2.75) is 58.5 Å². The maximum Gasteiger partial charge on any atom is 0.223 e. The summed E-state index contributed by atoms with van der Waals surface area (Å²) in [6, 6.07) is 0.210. The summed E-state index contributed by atoms with van der Waals surface area (Å²) in [6.45, 7) is 7.93. The number of hydrogen-bond donors (Lipinski definition) is 2. The van der Waals surface area contributed by atoms with Gasteiger partial charge in [0, 0.05) is 23.5 Å². The van der Waals surface area contributed by atoms with E-state index >= 15 is 0 Å². The van der Waals surface area contributed by atoms with E-state index in [-0.39, 0.29) is 17.9 Å². The van der Waals surface area contributed by atoms with Gasteiger partial charge in [0.2, 0.25) is 5.91 Å². The fraction of sp³-hybridized carbons (Fsp3) is 0.714. The molecule has 2 atom stereocenters. The van der Waals surface area contributed by atoms with E-state index in [1.54, 1.807) is 17.5 Å². The maximum absolute atomic E-state index is 12.2. The minimum absolute atomic E-state index is 0.0120. The minimum atomic E-state index is -0.402. The van der Waals surface area contributed by atoms with Crippen LogP contribution in [0.3, 0.4) is 0 Å². The topological polar surface area (TPSA) is 68.0 Å². The van der Waals surface area contributed by atoms with Gasteiger partial charge in [-0.2, -0.15) is 0 Å². The summed E-state index contributed by atoms with van der Waals surface area (Å²) < 4.78 is 0. The van der Waals surface area contributed by atoms with Gasteiger partial charge in [-0.25, -0.2) is 4.98 Å². The lowest BCUT2D eigenvalue weighted by atomic mass is 9.99. The van der Waals surface area contributed by atoms with Crippen LogP contribution in [-0.4, -0.2) is 16.9 Å². The molecule has 0 spiro atoms. The lowest BCUT2D eigenvalue weighted by molar-refractivity contribution is -0.126. The van der Waals surface area contributed by atoms with Crippen LogP contribution < -0.4 is 11.1 Å². The van der Waals surface area contributed by atoms with Crippen molar-refractivity contribution >= 4 is 17.2 Å². The Hall–Kier alpha value is -0.940. The van der Waals surface area contributed by atoms with E-state index in [1.165, 1.54) is 0 Å². The Balaban J connectivity index is 2.45. The summed E-state index contributed by atoms with van der Waals surface area (Å²) >= 11 is 1.56. The third kappa shape index (κ3) is 5.28. The van der Waals surface area contributed by atoms with Crippen molar-refractivity contribution in [3.05, 3.63) is 16.6 Å². The number of hydrogen-bond acceptors (Lipinski definition) is 4. The van der Waals surface area contributed by atoms with Gasteiger partial charge in [-0.3, -0.25) is 4.79 Å². The van der Waals surface area contributed by atoms with Gasteiger partial charge >= 0.3 is 0 Å². The highest BCUT2D eigenvalue weighted by Gasteiger charge is 2.27. The molecule has 5 heteroatoms. The van der Waals surface area contributed by atoms with Crippen molar-refractivity contribution in [1.29, 1.82) is 0 Å². The number of carbonyl (C=O) groups is 1. The van der Waals surface area contributed by atoms with E-state index in [2.05, 4.69) is 10.3 Å². The van der Waals surface area contributed by atoms with Gasteiger partial charge in [-0.15, -0.1) is 11.3 Å². The second-order valence-corrected chi connectivity index (χ2v) is 6.66. The van der Waals surface area contributed by atoms with Crippen LogP contribution >= 0.6 is 11.3 Å². The molecule has 108 valence electrons. The standard InChI is InChI=1S/C14H25N3OS/c1-10(6-5-7-11(2)15)12(18)17-14(3,4)13-16-8-9-19-13/h8-11H,5-7,15H2,1-4H3,(H,17,18). The Morgan fingerprint density at radius 1 is 1.47 bits per heavy atom. The van der Waals surface area contributed by atoms with E-state index < -0.39 is 5.54 Å². The first kappa shape index (κ1) is 16.1. The van der Waals surface area contributed by atoms with Crippen LogP contribution in [0.1, 0.15) is 52.0 Å². The summed E-state index contributed by atoms with van der Waals surface area (Å²) in [5.74, 6) is 0.0999. The first-order valence-electron chi connectivity index (χ1n) is 6.80. The van der Waals surface area contributed by atoms with Crippen molar-refractivity contribution in [3.8, 4) is 0 Å². The molecule has 1 aromatic heterocycles. The van der Waals surface area contributed by atoms with E-state index in [0.29, 0.717) is 0 Å². The number of nitrogens with one attached hydrogen (secondary N) is 1. The number of carbonyl (C=O) groups excluding carboxylic acids is 1. The zero-order valence-electron chi connectivity index (χ0n) is 12.3. The van der Waals surface area contributed by atoms with E-state index in [0.717, 1.165) is 24.3 Å². The number of aromatic nitrogens is 1. The number of thiazole rings is 1. The van der Waals surface area contributed by atoms with Crippen LogP contribution in [0.5, 0.6) is 0 Å². The number of amides is 1. The third-order valence-electron chi connectivity index (χ3n) is 3.15. The fourth-order valence-electron chi connectivity index (χ4n) is 1.89. The Kier molecular flexibility index (Phi) is 5.94. The average molecular weight is 283 g/mol. The van der Waals surface area contributed by atoms with Crippen molar-refractivity contribution in [2.24, 2.45) is 11.7 Å². The normalized spacial score (nSPS) is 15.0. The Labute approximate surface area is 119 Å². The molecule has 0 bridgehead atoms. The molecule has 0 radical (unpaired) electrons. The van der Waals surface area contributed by atoms with Crippen LogP contribution in [0, 0.1) is 5.92 Å². The maximum atomic E-state index is 12.2. The average Bonchev–Trinajstić information content (AvgIpc) is 2.81. The first-order valence-corrected chi connectivity index (χ1v) is 7.68. The molecule has 1 amide bonds. The largest absolute Gasteiger partial charge is 0.344 e. The van der Waals surface area contributed by atoms with Gasteiger partial charge in [0.05, 0.1) is 5.54 Å². The van der Waals surface area contributed by atoms with Crippen molar-refractivity contribution < 1.29 is 4.79 Å². The minimum Gasteiger partial charge on any atom is -0.344 e. The molecule has 3 N–H and O–H groups in total. The zero-order valence-corrected chi connectivity index (χ0v) is 13.1. The monoisotopic (exact) mass is 283 g/mol. The van der Waals surface area contributed by atoms with Crippen molar-refractivity contribution in [2.75, 3.05) is 0 Å². The van der Waals surface area contributed by atoms with Crippen LogP contribution in [0.15, 0.2) is 11.6 Å². The van der Waals surface area contributed by atoms with Crippen LogP contribution in [0.2, 0.25) is 0 Å². The highest BCUT2D eigenvalue weighted by Crippen LogP contribution is 2.23. The molecule has 2 unspecified atom stereocenters. The van der Waals surface area contributed by atoms with Gasteiger partial charge in [0.1, 0.15) is 5.01 Å². The molecule has 0 aromatic carbocycles. The summed E-state index contributed by atoms with van der Waals surface area (Å²) in [7, 11) is 0. The molecule has 4 nitrogen and oxygen atoms in total. The quantitative estimate of drug-likeness (QED) is 0.808. The highest BCUT2D eigenvalue weighted by atomic mass is 32.1. The van der Waals surface area contributed by atoms with Crippen LogP contribution in [-0.2, 0) is 10.3 Å². The summed E-state index contributed by atoms with van der Waals surface area (Å²) in [5.41, 5.74) is 5.31. The van der Waals surface area contributed by atoms with Crippen molar-refractivity contribution in [1.82, 2.24) is 10.3 Å². The highest BCUT2D eigenvalue weighted by molar-refractivity contribution is 7.09.